The van der Waals surface area contributed by atoms with Gasteiger partial charge in [-0.05, 0) is 39.8 Å². The van der Waals surface area contributed by atoms with Crippen LogP contribution in [0, 0.1) is 0 Å². The van der Waals surface area contributed by atoms with E-state index in [4.69, 9.17) is 4.18 Å². The molecule has 110 valence electrons. The summed E-state index contributed by atoms with van der Waals surface area (Å²) in [6.45, 7) is 7.85. The number of fused-ring (bicyclic) bond motifs is 1. The van der Waals surface area contributed by atoms with Crippen LogP contribution in [0.4, 0.5) is 0 Å². The van der Waals surface area contributed by atoms with E-state index in [0.717, 1.165) is 10.5 Å². The second-order valence-electron chi connectivity index (χ2n) is 6.41. The summed E-state index contributed by atoms with van der Waals surface area (Å²) in [7, 11) is 0. The van der Waals surface area contributed by atoms with Crippen LogP contribution in [-0.4, -0.2) is 5.11 Å². The van der Waals surface area contributed by atoms with E-state index in [9.17, 15) is 5.11 Å². The Kier molecular flexibility index (Phi) is 3.40. The van der Waals surface area contributed by atoms with Gasteiger partial charge < -0.3 is 5.11 Å². The Morgan fingerprint density at radius 1 is 0.952 bits per heavy atom. The van der Waals surface area contributed by atoms with E-state index in [0.29, 0.717) is 0 Å². The van der Waals surface area contributed by atoms with Crippen molar-refractivity contribution >= 4 is 11.2 Å². The molecule has 1 unspecified atom stereocenters. The number of hydrogen-bond donors (Lipinski definition) is 1. The Bertz CT molecular complexity index is 671. The predicted molar refractivity (Wildman–Crippen MR) is 86.1 cm³/mol. The third kappa shape index (κ3) is 2.50. The van der Waals surface area contributed by atoms with Crippen LogP contribution >= 0.6 is 0 Å². The maximum Gasteiger partial charge on any atom is 0.224 e. The molecule has 0 aromatic heterocycles. The molecule has 0 amide bonds. The lowest BCUT2D eigenvalue weighted by molar-refractivity contribution is 0.0750. The van der Waals surface area contributed by atoms with Crippen molar-refractivity contribution in [2.24, 2.45) is 0 Å². The highest BCUT2D eigenvalue weighted by Crippen LogP contribution is 2.46. The summed E-state index contributed by atoms with van der Waals surface area (Å²) in [5.74, 6) is 0. The van der Waals surface area contributed by atoms with Gasteiger partial charge in [-0.15, -0.1) is 0 Å². The highest BCUT2D eigenvalue weighted by molar-refractivity contribution is 7.92. The van der Waals surface area contributed by atoms with Crippen LogP contribution in [0.25, 0.3) is 0 Å². The normalized spacial score (nSPS) is 20.3. The average molecular weight is 301 g/mol. The minimum Gasteiger partial charge on any atom is -0.386 e. The molecule has 2 aromatic carbocycles. The van der Waals surface area contributed by atoms with Gasteiger partial charge in [-0.3, -0.25) is 0 Å². The van der Waals surface area contributed by atoms with Gasteiger partial charge in [0.15, 0.2) is 5.60 Å². The Labute approximate surface area is 129 Å². The minimum atomic E-state index is -0.880. The summed E-state index contributed by atoms with van der Waals surface area (Å²) in [6.07, 6.45) is 0. The number of benzene rings is 2. The Hall–Kier alpha value is -1.29. The van der Waals surface area contributed by atoms with Crippen molar-refractivity contribution in [3.8, 4) is 0 Å². The van der Waals surface area contributed by atoms with Crippen molar-refractivity contribution in [1.82, 2.24) is 0 Å². The third-order valence-electron chi connectivity index (χ3n) is 3.77. The molecule has 0 aliphatic carbocycles. The number of aliphatic hydroxyl groups is 1. The van der Waals surface area contributed by atoms with Gasteiger partial charge in [0.2, 0.25) is 21.0 Å². The summed E-state index contributed by atoms with van der Waals surface area (Å²) in [4.78, 5) is 2.29. The van der Waals surface area contributed by atoms with Gasteiger partial charge >= 0.3 is 0 Å². The highest BCUT2D eigenvalue weighted by Gasteiger charge is 2.50. The summed E-state index contributed by atoms with van der Waals surface area (Å²) in [6, 6.07) is 16.4. The molecule has 3 rings (SSSR count). The van der Waals surface area contributed by atoms with Gasteiger partial charge in [0.05, 0.1) is 5.60 Å². The molecule has 3 heteroatoms. The van der Waals surface area contributed by atoms with Crippen molar-refractivity contribution < 1.29 is 9.29 Å². The molecule has 0 bridgehead atoms. The maximum absolute atomic E-state index is 10.5. The molecular formula is C18H21O2S+. The molecule has 1 N–H and O–H groups in total. The molecule has 2 aromatic rings. The van der Waals surface area contributed by atoms with Gasteiger partial charge in [-0.25, -0.2) is 0 Å². The Morgan fingerprint density at radius 2 is 1.52 bits per heavy atom. The minimum absolute atomic E-state index is 0.299. The standard InChI is InChI=1S/C18H21O2S/c1-17(2,19)13-9-5-7-11-15(13)21-16-12-8-6-10-14(16)18(3,4)20-21/h5-12,19H,1-4H3/q+1. The van der Waals surface area contributed by atoms with Crippen molar-refractivity contribution in [1.29, 1.82) is 0 Å². The second kappa shape index (κ2) is 4.87. The first-order chi connectivity index (χ1) is 9.81. The molecule has 1 aliphatic heterocycles. The topological polar surface area (TPSA) is 29.5 Å². The predicted octanol–water partition coefficient (Wildman–Crippen LogP) is 4.13. The SMILES string of the molecule is CC(C)(O)c1ccccc1[S+]1OC(C)(C)c2ccccc21. The monoisotopic (exact) mass is 301 g/mol. The zero-order valence-corrected chi connectivity index (χ0v) is 13.7. The number of hydrogen-bond acceptors (Lipinski definition) is 2. The first kappa shape index (κ1) is 14.6. The second-order valence-corrected chi connectivity index (χ2v) is 8.00. The van der Waals surface area contributed by atoms with E-state index >= 15 is 0 Å². The molecule has 1 atom stereocenters. The van der Waals surface area contributed by atoms with E-state index in [1.54, 1.807) is 0 Å². The van der Waals surface area contributed by atoms with E-state index in [-0.39, 0.29) is 5.60 Å². The van der Waals surface area contributed by atoms with Crippen LogP contribution in [0.5, 0.6) is 0 Å². The fraction of sp³-hybridized carbons (Fsp3) is 0.333. The van der Waals surface area contributed by atoms with Crippen LogP contribution in [0.3, 0.4) is 0 Å². The first-order valence-electron chi connectivity index (χ1n) is 7.16. The van der Waals surface area contributed by atoms with Gasteiger partial charge in [0.25, 0.3) is 0 Å². The highest BCUT2D eigenvalue weighted by atomic mass is 32.2. The lowest BCUT2D eigenvalue weighted by Gasteiger charge is -2.19. The smallest absolute Gasteiger partial charge is 0.224 e. The zero-order chi connectivity index (χ0) is 15.3. The first-order valence-corrected chi connectivity index (χ1v) is 8.31. The molecule has 0 spiro atoms. The van der Waals surface area contributed by atoms with Crippen LogP contribution in [0.15, 0.2) is 58.3 Å². The van der Waals surface area contributed by atoms with Crippen LogP contribution in [-0.2, 0) is 26.6 Å². The van der Waals surface area contributed by atoms with Gasteiger partial charge in [-0.1, -0.05) is 36.4 Å². The lowest BCUT2D eigenvalue weighted by Crippen LogP contribution is -2.21. The molecule has 0 saturated carbocycles. The van der Waals surface area contributed by atoms with Gasteiger partial charge in [0.1, 0.15) is 0 Å². The van der Waals surface area contributed by atoms with Crippen LogP contribution in [0.2, 0.25) is 0 Å². The largest absolute Gasteiger partial charge is 0.386 e. The summed E-state index contributed by atoms with van der Waals surface area (Å²) >= 11 is -0.453. The summed E-state index contributed by atoms with van der Waals surface area (Å²) in [5.41, 5.74) is 0.987. The molecule has 21 heavy (non-hydrogen) atoms. The van der Waals surface area contributed by atoms with Crippen LogP contribution in [0.1, 0.15) is 38.8 Å². The number of rotatable bonds is 2. The van der Waals surface area contributed by atoms with Crippen molar-refractivity contribution in [3.05, 3.63) is 59.7 Å². The quantitative estimate of drug-likeness (QED) is 0.845. The molecule has 1 heterocycles. The average Bonchev–Trinajstić information content (AvgIpc) is 2.71. The summed E-state index contributed by atoms with van der Waals surface area (Å²) in [5, 5.41) is 10.5. The molecule has 0 saturated heterocycles. The molecule has 1 aliphatic rings. The van der Waals surface area contributed by atoms with E-state index in [1.807, 2.05) is 32.0 Å². The van der Waals surface area contributed by atoms with E-state index < -0.39 is 16.8 Å². The summed E-state index contributed by atoms with van der Waals surface area (Å²) < 4.78 is 6.36. The Morgan fingerprint density at radius 3 is 2.19 bits per heavy atom. The fourth-order valence-electron chi connectivity index (χ4n) is 2.72. The van der Waals surface area contributed by atoms with E-state index in [2.05, 4.69) is 44.2 Å². The van der Waals surface area contributed by atoms with Crippen molar-refractivity contribution in [2.75, 3.05) is 0 Å². The van der Waals surface area contributed by atoms with Crippen molar-refractivity contribution in [3.63, 3.8) is 0 Å². The molecule has 0 fully saturated rings. The fourth-order valence-corrected chi connectivity index (χ4v) is 5.08. The molecular weight excluding hydrogens is 280 g/mol. The molecule has 0 radical (unpaired) electrons. The lowest BCUT2D eigenvalue weighted by atomic mass is 9.98. The molecule has 2 nitrogen and oxygen atoms in total. The zero-order valence-electron chi connectivity index (χ0n) is 12.9. The third-order valence-corrected chi connectivity index (χ3v) is 5.87. The van der Waals surface area contributed by atoms with E-state index in [1.165, 1.54) is 10.5 Å². The van der Waals surface area contributed by atoms with Crippen LogP contribution < -0.4 is 0 Å². The Balaban J connectivity index is 2.16. The maximum atomic E-state index is 10.5. The van der Waals surface area contributed by atoms with Gasteiger partial charge in [-0.2, -0.15) is 4.18 Å². The van der Waals surface area contributed by atoms with Crippen molar-refractivity contribution in [2.45, 2.75) is 48.7 Å². The van der Waals surface area contributed by atoms with Gasteiger partial charge in [0, 0.05) is 11.1 Å².